The van der Waals surface area contributed by atoms with E-state index in [9.17, 15) is 32.3 Å². The SMILES string of the molecule is Cn1c(-c2cn(C(OCC[Si](C)(C)C)c3ccc4[nH]c(CCC(=O)O)cc4n3)nc2C(F)(F)F)cnc1C(=O)Nc1ccc(C(=O)N2CCN(C(=O)OC(C)(C)C)CC2)c(Cl)c1. The van der Waals surface area contributed by atoms with Crippen LogP contribution in [0.15, 0.2) is 48.8 Å². The average molecular weight is 900 g/mol. The van der Waals surface area contributed by atoms with Gasteiger partial charge in [-0.2, -0.15) is 18.3 Å². The summed E-state index contributed by atoms with van der Waals surface area (Å²) in [5, 5.41) is 15.8. The van der Waals surface area contributed by atoms with Gasteiger partial charge in [-0.3, -0.25) is 14.4 Å². The van der Waals surface area contributed by atoms with Gasteiger partial charge in [0.15, 0.2) is 17.7 Å². The van der Waals surface area contributed by atoms with Gasteiger partial charge in [0.05, 0.1) is 51.2 Å². The summed E-state index contributed by atoms with van der Waals surface area (Å²) in [6.45, 7) is 13.0. The van der Waals surface area contributed by atoms with Gasteiger partial charge in [0, 0.05) is 65.5 Å². The smallest absolute Gasteiger partial charge is 0.435 e. The summed E-state index contributed by atoms with van der Waals surface area (Å²) in [7, 11) is -0.242. The van der Waals surface area contributed by atoms with Crippen LogP contribution in [-0.4, -0.2) is 115 Å². The summed E-state index contributed by atoms with van der Waals surface area (Å²) in [4.78, 5) is 65.6. The number of carbonyl (C=O) groups is 4. The Morgan fingerprint density at radius 1 is 1.02 bits per heavy atom. The molecule has 1 aliphatic heterocycles. The molecule has 62 heavy (non-hydrogen) atoms. The molecule has 1 unspecified atom stereocenters. The Bertz CT molecular complexity index is 2480. The first-order chi connectivity index (χ1) is 29.0. The van der Waals surface area contributed by atoms with Crippen molar-refractivity contribution in [3.63, 3.8) is 0 Å². The van der Waals surface area contributed by atoms with Crippen molar-refractivity contribution < 1.29 is 46.9 Å². The quantitative estimate of drug-likeness (QED) is 0.0988. The summed E-state index contributed by atoms with van der Waals surface area (Å²) >= 11 is 6.53. The highest BCUT2D eigenvalue weighted by molar-refractivity contribution is 6.76. The number of nitrogens with zero attached hydrogens (tertiary/aromatic N) is 7. The van der Waals surface area contributed by atoms with Crippen molar-refractivity contribution in [1.29, 1.82) is 0 Å². The van der Waals surface area contributed by atoms with Crippen molar-refractivity contribution in [3.05, 3.63) is 82.3 Å². The number of hydrogen-bond donors (Lipinski definition) is 3. The molecule has 1 aliphatic rings. The van der Waals surface area contributed by atoms with Crippen LogP contribution in [0.1, 0.15) is 71.5 Å². The lowest BCUT2D eigenvalue weighted by Gasteiger charge is -2.35. The van der Waals surface area contributed by atoms with E-state index in [0.29, 0.717) is 22.8 Å². The number of ether oxygens (including phenoxy) is 2. The number of H-pyrrole nitrogens is 1. The Hall–Kier alpha value is -5.73. The van der Waals surface area contributed by atoms with E-state index in [1.807, 2.05) is 0 Å². The molecule has 0 saturated carbocycles. The maximum absolute atomic E-state index is 14.8. The van der Waals surface area contributed by atoms with E-state index in [4.69, 9.17) is 26.2 Å². The van der Waals surface area contributed by atoms with Crippen molar-refractivity contribution >= 4 is 60.3 Å². The second kappa shape index (κ2) is 17.9. The number of aliphatic carboxylic acids is 1. The zero-order chi connectivity index (χ0) is 45.3. The number of carbonyl (C=O) groups excluding carboxylic acids is 3. The van der Waals surface area contributed by atoms with Crippen molar-refractivity contribution in [2.24, 2.45) is 7.05 Å². The van der Waals surface area contributed by atoms with Crippen LogP contribution in [0.5, 0.6) is 0 Å². The zero-order valence-electron chi connectivity index (χ0n) is 35.4. The molecule has 1 saturated heterocycles. The van der Waals surface area contributed by atoms with Gasteiger partial charge in [-0.15, -0.1) is 0 Å². The molecule has 0 aliphatic carbocycles. The molecule has 1 atom stereocenters. The Labute approximate surface area is 361 Å². The Morgan fingerprint density at radius 3 is 2.34 bits per heavy atom. The molecule has 16 nitrogen and oxygen atoms in total. The summed E-state index contributed by atoms with van der Waals surface area (Å²) in [6.07, 6.45) is -4.09. The van der Waals surface area contributed by atoms with Gasteiger partial charge in [-0.05, 0) is 69.6 Å². The van der Waals surface area contributed by atoms with Crippen LogP contribution in [0, 0.1) is 0 Å². The fourth-order valence-electron chi connectivity index (χ4n) is 6.69. The number of fused-ring (bicyclic) bond motifs is 1. The van der Waals surface area contributed by atoms with E-state index >= 15 is 0 Å². The highest BCUT2D eigenvalue weighted by Gasteiger charge is 2.40. The van der Waals surface area contributed by atoms with E-state index < -0.39 is 49.7 Å². The Morgan fingerprint density at radius 2 is 1.71 bits per heavy atom. The lowest BCUT2D eigenvalue weighted by molar-refractivity contribution is -0.141. The van der Waals surface area contributed by atoms with Gasteiger partial charge in [0.25, 0.3) is 11.8 Å². The van der Waals surface area contributed by atoms with Crippen LogP contribution >= 0.6 is 11.6 Å². The largest absolute Gasteiger partial charge is 0.481 e. The van der Waals surface area contributed by atoms with Crippen LogP contribution in [-0.2, 0) is 33.9 Å². The van der Waals surface area contributed by atoms with E-state index in [0.717, 1.165) is 10.9 Å². The number of hydrogen-bond acceptors (Lipinski definition) is 9. The number of imidazole rings is 1. The molecule has 0 bridgehead atoms. The number of carboxylic acid groups (broad SMARTS) is 1. The minimum atomic E-state index is -4.92. The molecule has 332 valence electrons. The molecule has 6 rings (SSSR count). The van der Waals surface area contributed by atoms with Crippen molar-refractivity contribution in [2.45, 2.75) is 77.3 Å². The third-order valence-corrected chi connectivity index (χ3v) is 11.9. The third kappa shape index (κ3) is 11.0. The fraction of sp³-hybridized carbons (Fsp3) is 0.439. The predicted octanol–water partition coefficient (Wildman–Crippen LogP) is 7.70. The van der Waals surface area contributed by atoms with Crippen LogP contribution in [0.2, 0.25) is 30.7 Å². The lowest BCUT2D eigenvalue weighted by atomic mass is 10.1. The molecule has 0 spiro atoms. The highest BCUT2D eigenvalue weighted by atomic mass is 35.5. The van der Waals surface area contributed by atoms with Gasteiger partial charge in [-0.1, -0.05) is 31.2 Å². The molecular formula is C41H49ClF3N9O7Si. The number of amides is 3. The monoisotopic (exact) mass is 899 g/mol. The molecule has 21 heteroatoms. The van der Waals surface area contributed by atoms with Crippen molar-refractivity contribution in [1.82, 2.24) is 39.1 Å². The second-order valence-electron chi connectivity index (χ2n) is 17.2. The topological polar surface area (TPSA) is 190 Å². The first-order valence-corrected chi connectivity index (χ1v) is 23.9. The van der Waals surface area contributed by atoms with Gasteiger partial charge in [0.2, 0.25) is 0 Å². The number of aryl methyl sites for hydroxylation is 1. The number of aromatic nitrogens is 6. The maximum Gasteiger partial charge on any atom is 0.435 e. The van der Waals surface area contributed by atoms with Gasteiger partial charge in [0.1, 0.15) is 5.60 Å². The Balaban J connectivity index is 1.22. The average Bonchev–Trinajstić information content (AvgIpc) is 3.91. The third-order valence-electron chi connectivity index (χ3n) is 9.93. The Kier molecular flexibility index (Phi) is 13.2. The number of carboxylic acids is 1. The molecule has 3 amide bonds. The highest BCUT2D eigenvalue weighted by Crippen LogP contribution is 2.38. The summed E-state index contributed by atoms with van der Waals surface area (Å²) < 4.78 is 58.2. The van der Waals surface area contributed by atoms with E-state index in [1.165, 1.54) is 40.9 Å². The number of nitrogens with one attached hydrogen (secondary N) is 2. The van der Waals surface area contributed by atoms with Gasteiger partial charge < -0.3 is 39.2 Å². The number of piperazine rings is 1. The number of aromatic amines is 1. The maximum atomic E-state index is 14.8. The van der Waals surface area contributed by atoms with Gasteiger partial charge in [-0.25, -0.2) is 19.4 Å². The van der Waals surface area contributed by atoms with Crippen LogP contribution in [0.25, 0.3) is 22.3 Å². The summed E-state index contributed by atoms with van der Waals surface area (Å²) in [5.41, 5.74) is 0.0893. The molecule has 1 fully saturated rings. The van der Waals surface area contributed by atoms with Crippen LogP contribution in [0.3, 0.4) is 0 Å². The first kappa shape index (κ1) is 45.8. The molecule has 0 radical (unpaired) electrons. The molecule has 4 aromatic heterocycles. The number of anilines is 1. The molecular weight excluding hydrogens is 851 g/mol. The zero-order valence-corrected chi connectivity index (χ0v) is 37.1. The number of halogens is 4. The van der Waals surface area contributed by atoms with E-state index in [2.05, 4.69) is 45.0 Å². The number of alkyl halides is 3. The fourth-order valence-corrected chi connectivity index (χ4v) is 7.68. The molecule has 5 aromatic rings. The minimum Gasteiger partial charge on any atom is -0.481 e. The number of benzene rings is 1. The molecule has 3 N–H and O–H groups in total. The summed E-state index contributed by atoms with van der Waals surface area (Å²) in [6, 6.07) is 10.0. The first-order valence-electron chi connectivity index (χ1n) is 19.9. The van der Waals surface area contributed by atoms with Crippen LogP contribution in [0.4, 0.5) is 23.7 Å². The van der Waals surface area contributed by atoms with Crippen LogP contribution < -0.4 is 5.32 Å². The summed E-state index contributed by atoms with van der Waals surface area (Å²) in [5.74, 6) is -2.30. The normalized spacial score (nSPS) is 14.3. The van der Waals surface area contributed by atoms with Crippen molar-refractivity contribution in [3.8, 4) is 11.3 Å². The number of rotatable bonds is 13. The van der Waals surface area contributed by atoms with E-state index in [-0.39, 0.29) is 90.6 Å². The molecule has 5 heterocycles. The predicted molar refractivity (Wildman–Crippen MR) is 227 cm³/mol. The van der Waals surface area contributed by atoms with E-state index in [1.54, 1.807) is 43.9 Å². The second-order valence-corrected chi connectivity index (χ2v) is 23.2. The molecule has 1 aromatic carbocycles. The lowest BCUT2D eigenvalue weighted by Crippen LogP contribution is -2.51. The number of pyridine rings is 1. The van der Waals surface area contributed by atoms with Crippen molar-refractivity contribution in [2.75, 3.05) is 38.1 Å². The van der Waals surface area contributed by atoms with Gasteiger partial charge >= 0.3 is 18.2 Å². The standard InChI is InChI=1S/C41H49ClF3N9O7Si/c1-40(2,3)61-39(59)53-16-14-52(15-17-53)37(58)26-10-8-24(20-28(26)42)48-36(57)35-46-22-32(51(35)4)27-23-54(50-34(27)41(43,44)45)38(60-18-19-62(5,6)7)30-12-11-29-31(49-30)21-25(47-29)9-13-33(55)56/h8,10-12,20-23,38,47H,9,13-19H2,1-7H3,(H,48,57)(H,55,56). The minimum absolute atomic E-state index is 0.0514.